The van der Waals surface area contributed by atoms with Gasteiger partial charge >= 0.3 is 0 Å². The van der Waals surface area contributed by atoms with Crippen LogP contribution in [0.2, 0.25) is 0 Å². The fraction of sp³-hybridized carbons (Fsp3) is 0.417. The van der Waals surface area contributed by atoms with E-state index >= 15 is 0 Å². The van der Waals surface area contributed by atoms with Gasteiger partial charge in [-0.05, 0) is 31.0 Å². The lowest BCUT2D eigenvalue weighted by molar-refractivity contribution is 0.606. The van der Waals surface area contributed by atoms with Crippen LogP contribution < -0.4 is 15.4 Å². The number of hydrogen-bond acceptors (Lipinski definition) is 5. The molecule has 0 atom stereocenters. The van der Waals surface area contributed by atoms with E-state index in [9.17, 15) is 8.42 Å². The molecule has 3 N–H and O–H groups in total. The van der Waals surface area contributed by atoms with E-state index in [1.165, 1.54) is 0 Å². The Hall–Kier alpha value is -1.76. The number of nitrogens with zero attached hydrogens (tertiary/aromatic N) is 1. The fourth-order valence-electron chi connectivity index (χ4n) is 1.93. The molecule has 19 heavy (non-hydrogen) atoms. The zero-order valence-electron chi connectivity index (χ0n) is 11.2. The number of aryl methyl sites for hydroxylation is 1. The number of guanidine groups is 1. The van der Waals surface area contributed by atoms with Crippen molar-refractivity contribution in [1.29, 1.82) is 0 Å². The van der Waals surface area contributed by atoms with Gasteiger partial charge in [0, 0.05) is 12.2 Å². The first-order valence-corrected chi connectivity index (χ1v) is 7.89. The fourth-order valence-corrected chi connectivity index (χ4v) is 2.62. The maximum atomic E-state index is 11.4. The zero-order valence-corrected chi connectivity index (χ0v) is 12.1. The third-order valence-electron chi connectivity index (χ3n) is 2.89. The maximum absolute atomic E-state index is 11.4. The van der Waals surface area contributed by atoms with E-state index in [1.807, 2.05) is 26.0 Å². The van der Waals surface area contributed by atoms with Crippen molar-refractivity contribution in [3.05, 3.63) is 23.3 Å². The van der Waals surface area contributed by atoms with Crippen LogP contribution in [0.4, 0.5) is 11.4 Å². The summed E-state index contributed by atoms with van der Waals surface area (Å²) < 4.78 is 25.3. The van der Waals surface area contributed by atoms with E-state index < -0.39 is 10.0 Å². The zero-order chi connectivity index (χ0) is 14.0. The quantitative estimate of drug-likeness (QED) is 0.774. The van der Waals surface area contributed by atoms with Gasteiger partial charge in [-0.1, -0.05) is 6.07 Å². The van der Waals surface area contributed by atoms with E-state index in [0.717, 1.165) is 42.1 Å². The van der Waals surface area contributed by atoms with Crippen molar-refractivity contribution < 1.29 is 8.42 Å². The summed E-state index contributed by atoms with van der Waals surface area (Å²) in [5.74, 6) is 0.720. The van der Waals surface area contributed by atoms with Crippen LogP contribution in [0.5, 0.6) is 0 Å². The van der Waals surface area contributed by atoms with Gasteiger partial charge in [0.15, 0.2) is 5.96 Å². The largest absolute Gasteiger partial charge is 0.354 e. The van der Waals surface area contributed by atoms with E-state index in [1.54, 1.807) is 0 Å². The van der Waals surface area contributed by atoms with Gasteiger partial charge in [-0.25, -0.2) is 8.42 Å². The molecule has 0 unspecified atom stereocenters. The molecule has 0 amide bonds. The molecular formula is C12H18N4O2S. The highest BCUT2D eigenvalue weighted by atomic mass is 32.2. The summed E-state index contributed by atoms with van der Waals surface area (Å²) in [4.78, 5) is 4.25. The van der Waals surface area contributed by atoms with E-state index in [4.69, 9.17) is 0 Å². The predicted molar refractivity (Wildman–Crippen MR) is 78.3 cm³/mol. The molecule has 104 valence electrons. The van der Waals surface area contributed by atoms with Crippen LogP contribution in [0.3, 0.4) is 0 Å². The lowest BCUT2D eigenvalue weighted by Crippen LogP contribution is -2.26. The van der Waals surface area contributed by atoms with Crippen molar-refractivity contribution >= 4 is 27.4 Å². The molecule has 0 radical (unpaired) electrons. The summed E-state index contributed by atoms with van der Waals surface area (Å²) in [5.41, 5.74) is 3.19. The predicted octanol–water partition coefficient (Wildman–Crippen LogP) is 1.05. The standard InChI is InChI=1S/C12H18N4O2S/c1-8-4-5-10(15-12-13-6-7-14-12)9(2)11(8)16-19(3,17)18/h4-5,16H,6-7H2,1-3H3,(H2,13,14,15). The number of aliphatic imine (C=N–C) groups is 1. The summed E-state index contributed by atoms with van der Waals surface area (Å²) >= 11 is 0. The Kier molecular flexibility index (Phi) is 3.66. The first-order valence-electron chi connectivity index (χ1n) is 6.00. The number of rotatable bonds is 3. The highest BCUT2D eigenvalue weighted by molar-refractivity contribution is 7.92. The van der Waals surface area contributed by atoms with Crippen molar-refractivity contribution in [2.45, 2.75) is 13.8 Å². The van der Waals surface area contributed by atoms with Crippen LogP contribution in [-0.4, -0.2) is 33.7 Å². The molecule has 0 bridgehead atoms. The molecule has 0 saturated carbocycles. The van der Waals surface area contributed by atoms with Gasteiger partial charge < -0.3 is 10.6 Å². The minimum absolute atomic E-state index is 0.617. The molecule has 1 aliphatic heterocycles. The average molecular weight is 282 g/mol. The second kappa shape index (κ2) is 5.08. The van der Waals surface area contributed by atoms with Crippen LogP contribution in [0.15, 0.2) is 17.1 Å². The Labute approximate surface area is 113 Å². The number of anilines is 2. The lowest BCUT2D eigenvalue weighted by atomic mass is 10.1. The molecule has 0 aromatic heterocycles. The van der Waals surface area contributed by atoms with E-state index in [-0.39, 0.29) is 0 Å². The van der Waals surface area contributed by atoms with Gasteiger partial charge in [-0.2, -0.15) is 0 Å². The van der Waals surface area contributed by atoms with Gasteiger partial charge in [0.2, 0.25) is 10.0 Å². The molecular weight excluding hydrogens is 264 g/mol. The number of hydrogen-bond donors (Lipinski definition) is 3. The van der Waals surface area contributed by atoms with Crippen LogP contribution in [-0.2, 0) is 10.0 Å². The summed E-state index contributed by atoms with van der Waals surface area (Å²) in [6, 6.07) is 3.79. The number of sulfonamides is 1. The molecule has 1 heterocycles. The van der Waals surface area contributed by atoms with Gasteiger partial charge in [-0.3, -0.25) is 9.71 Å². The Morgan fingerprint density at radius 2 is 2.05 bits per heavy atom. The van der Waals surface area contributed by atoms with Crippen LogP contribution in [0.25, 0.3) is 0 Å². The Bertz CT molecular complexity index is 623. The molecule has 0 fully saturated rings. The molecule has 1 aromatic carbocycles. The molecule has 2 rings (SSSR count). The van der Waals surface area contributed by atoms with Crippen molar-refractivity contribution in [1.82, 2.24) is 5.32 Å². The van der Waals surface area contributed by atoms with Crippen LogP contribution >= 0.6 is 0 Å². The van der Waals surface area contributed by atoms with Crippen molar-refractivity contribution in [2.75, 3.05) is 29.4 Å². The molecule has 1 aliphatic rings. The normalized spacial score (nSPS) is 14.8. The molecule has 6 nitrogen and oxygen atoms in total. The van der Waals surface area contributed by atoms with E-state index in [0.29, 0.717) is 5.69 Å². The summed E-state index contributed by atoms with van der Waals surface area (Å²) in [6.07, 6.45) is 1.15. The molecule has 1 aromatic rings. The average Bonchev–Trinajstić information content (AvgIpc) is 2.80. The van der Waals surface area contributed by atoms with E-state index in [2.05, 4.69) is 20.3 Å². The molecule has 0 spiro atoms. The molecule has 7 heteroatoms. The third kappa shape index (κ3) is 3.37. The summed E-state index contributed by atoms with van der Waals surface area (Å²) in [6.45, 7) is 5.32. The molecule has 0 aliphatic carbocycles. The van der Waals surface area contributed by atoms with Gasteiger partial charge in [0.1, 0.15) is 0 Å². The molecule has 0 saturated heterocycles. The first kappa shape index (κ1) is 13.7. The van der Waals surface area contributed by atoms with Crippen molar-refractivity contribution in [3.8, 4) is 0 Å². The maximum Gasteiger partial charge on any atom is 0.229 e. The minimum atomic E-state index is -3.29. The van der Waals surface area contributed by atoms with Crippen molar-refractivity contribution in [3.63, 3.8) is 0 Å². The van der Waals surface area contributed by atoms with Crippen LogP contribution in [0.1, 0.15) is 11.1 Å². The van der Waals surface area contributed by atoms with Crippen molar-refractivity contribution in [2.24, 2.45) is 4.99 Å². The Morgan fingerprint density at radius 1 is 1.32 bits per heavy atom. The second-order valence-corrected chi connectivity index (χ2v) is 6.33. The number of benzene rings is 1. The topological polar surface area (TPSA) is 82.6 Å². The lowest BCUT2D eigenvalue weighted by Gasteiger charge is -2.16. The smallest absolute Gasteiger partial charge is 0.229 e. The first-order chi connectivity index (χ1) is 8.87. The van der Waals surface area contributed by atoms with Crippen LogP contribution in [0, 0.1) is 13.8 Å². The van der Waals surface area contributed by atoms with Gasteiger partial charge in [-0.15, -0.1) is 0 Å². The number of nitrogens with one attached hydrogen (secondary N) is 3. The second-order valence-electron chi connectivity index (χ2n) is 4.59. The van der Waals surface area contributed by atoms with Gasteiger partial charge in [0.05, 0.1) is 18.5 Å². The summed E-state index contributed by atoms with van der Waals surface area (Å²) in [5, 5.41) is 6.28. The SMILES string of the molecule is Cc1ccc(NC2=NCCN2)c(C)c1NS(C)(=O)=O. The highest BCUT2D eigenvalue weighted by Crippen LogP contribution is 2.28. The Balaban J connectivity index is 2.33. The minimum Gasteiger partial charge on any atom is -0.354 e. The highest BCUT2D eigenvalue weighted by Gasteiger charge is 2.13. The van der Waals surface area contributed by atoms with Gasteiger partial charge in [0.25, 0.3) is 0 Å². The monoisotopic (exact) mass is 282 g/mol. The Morgan fingerprint density at radius 3 is 2.63 bits per heavy atom. The summed E-state index contributed by atoms with van der Waals surface area (Å²) in [7, 11) is -3.29. The third-order valence-corrected chi connectivity index (χ3v) is 3.46.